The fourth-order valence-corrected chi connectivity index (χ4v) is 3.48. The largest absolute Gasteiger partial charge is 0.493 e. The number of hydrogen-bond acceptors (Lipinski definition) is 4. The second kappa shape index (κ2) is 6.51. The van der Waals surface area contributed by atoms with E-state index in [2.05, 4.69) is 15.2 Å². The number of fused-ring (bicyclic) bond motifs is 1. The topological polar surface area (TPSA) is 54.5 Å². The van der Waals surface area contributed by atoms with Crippen LogP contribution >= 0.6 is 0 Å². The van der Waals surface area contributed by atoms with Gasteiger partial charge in [0.25, 0.3) is 5.91 Å². The summed E-state index contributed by atoms with van der Waals surface area (Å²) in [5, 5.41) is 3.17. The lowest BCUT2D eigenvalue weighted by atomic mass is 10.00. The summed E-state index contributed by atoms with van der Waals surface area (Å²) in [7, 11) is 0. The summed E-state index contributed by atoms with van der Waals surface area (Å²) in [6.45, 7) is 2.56. The molecule has 1 atom stereocenters. The molecule has 1 fully saturated rings. The van der Waals surface area contributed by atoms with E-state index in [1.54, 1.807) is 6.20 Å². The highest BCUT2D eigenvalue weighted by atomic mass is 16.5. The molecule has 5 nitrogen and oxygen atoms in total. The van der Waals surface area contributed by atoms with Gasteiger partial charge in [0, 0.05) is 31.3 Å². The van der Waals surface area contributed by atoms with Crippen LogP contribution in [0.3, 0.4) is 0 Å². The van der Waals surface area contributed by atoms with Gasteiger partial charge in [-0.05, 0) is 31.0 Å². The first-order valence-electron chi connectivity index (χ1n) is 8.55. The van der Waals surface area contributed by atoms with Gasteiger partial charge in [0.2, 0.25) is 0 Å². The smallest absolute Gasteiger partial charge is 0.255 e. The van der Waals surface area contributed by atoms with Crippen molar-refractivity contribution in [2.75, 3.05) is 24.6 Å². The number of anilines is 1. The Bertz CT molecular complexity index is 741. The number of aromatic nitrogens is 1. The summed E-state index contributed by atoms with van der Waals surface area (Å²) in [5.41, 5.74) is 1.70. The van der Waals surface area contributed by atoms with E-state index in [0.29, 0.717) is 12.2 Å². The van der Waals surface area contributed by atoms with Gasteiger partial charge in [0.15, 0.2) is 0 Å². The highest BCUT2D eigenvalue weighted by Crippen LogP contribution is 2.32. The number of rotatable bonds is 3. The Morgan fingerprint density at radius 3 is 2.88 bits per heavy atom. The van der Waals surface area contributed by atoms with Gasteiger partial charge in [-0.25, -0.2) is 4.98 Å². The van der Waals surface area contributed by atoms with Crippen LogP contribution in [0, 0.1) is 0 Å². The summed E-state index contributed by atoms with van der Waals surface area (Å²) in [6.07, 6.45) is 4.85. The van der Waals surface area contributed by atoms with E-state index in [0.717, 1.165) is 49.5 Å². The van der Waals surface area contributed by atoms with Crippen LogP contribution in [0.15, 0.2) is 42.6 Å². The van der Waals surface area contributed by atoms with Crippen molar-refractivity contribution in [3.63, 3.8) is 0 Å². The van der Waals surface area contributed by atoms with E-state index >= 15 is 0 Å². The number of hydrogen-bond donors (Lipinski definition) is 1. The van der Waals surface area contributed by atoms with Crippen LogP contribution in [0.4, 0.5) is 5.82 Å². The Kier molecular flexibility index (Phi) is 4.07. The first-order chi connectivity index (χ1) is 11.8. The molecule has 0 aliphatic carbocycles. The monoisotopic (exact) mass is 323 g/mol. The van der Waals surface area contributed by atoms with Gasteiger partial charge in [0.1, 0.15) is 11.6 Å². The Hall–Kier alpha value is -2.56. The number of carbonyl (C=O) groups is 1. The van der Waals surface area contributed by atoms with Crippen LogP contribution in [0.5, 0.6) is 5.75 Å². The molecule has 24 heavy (non-hydrogen) atoms. The summed E-state index contributed by atoms with van der Waals surface area (Å²) in [4.78, 5) is 19.5. The zero-order valence-electron chi connectivity index (χ0n) is 13.6. The van der Waals surface area contributed by atoms with Crippen molar-refractivity contribution in [2.24, 2.45) is 0 Å². The predicted molar refractivity (Wildman–Crippen MR) is 92.4 cm³/mol. The number of para-hydroxylation sites is 1. The summed E-state index contributed by atoms with van der Waals surface area (Å²) >= 11 is 0. The van der Waals surface area contributed by atoms with Gasteiger partial charge in [-0.1, -0.05) is 18.2 Å². The zero-order chi connectivity index (χ0) is 16.4. The minimum absolute atomic E-state index is 0.0194. The lowest BCUT2D eigenvalue weighted by molar-refractivity contribution is 0.0925. The third kappa shape index (κ3) is 2.82. The molecule has 124 valence electrons. The van der Waals surface area contributed by atoms with Crippen molar-refractivity contribution in [3.8, 4) is 5.75 Å². The normalized spacial score (nSPS) is 19.5. The van der Waals surface area contributed by atoms with Crippen LogP contribution in [-0.2, 0) is 0 Å². The fourth-order valence-electron chi connectivity index (χ4n) is 3.48. The first-order valence-corrected chi connectivity index (χ1v) is 8.55. The van der Waals surface area contributed by atoms with E-state index in [9.17, 15) is 4.79 Å². The van der Waals surface area contributed by atoms with Crippen molar-refractivity contribution >= 4 is 11.7 Å². The molecule has 2 aromatic rings. The quantitative estimate of drug-likeness (QED) is 0.943. The van der Waals surface area contributed by atoms with E-state index in [1.807, 2.05) is 36.4 Å². The molecule has 2 aliphatic heterocycles. The molecule has 1 N–H and O–H groups in total. The maximum atomic E-state index is 12.9. The third-order valence-corrected chi connectivity index (χ3v) is 4.70. The lowest BCUT2D eigenvalue weighted by Gasteiger charge is -2.27. The third-order valence-electron chi connectivity index (χ3n) is 4.70. The first kappa shape index (κ1) is 15.0. The molecule has 3 heterocycles. The Labute approximate surface area is 141 Å². The number of nitrogens with zero attached hydrogens (tertiary/aromatic N) is 2. The fraction of sp³-hybridized carbons (Fsp3) is 0.368. The van der Waals surface area contributed by atoms with E-state index in [-0.39, 0.29) is 11.9 Å². The number of amides is 1. The molecule has 2 aliphatic rings. The van der Waals surface area contributed by atoms with Gasteiger partial charge in [-0.15, -0.1) is 0 Å². The molecule has 0 spiro atoms. The lowest BCUT2D eigenvalue weighted by Crippen LogP contribution is -2.33. The molecule has 1 aromatic carbocycles. The van der Waals surface area contributed by atoms with Gasteiger partial charge >= 0.3 is 0 Å². The van der Waals surface area contributed by atoms with Crippen molar-refractivity contribution in [3.05, 3.63) is 53.7 Å². The minimum Gasteiger partial charge on any atom is -0.493 e. The highest BCUT2D eigenvalue weighted by molar-refractivity contribution is 5.99. The summed E-state index contributed by atoms with van der Waals surface area (Å²) < 4.78 is 5.67. The molecule has 5 heteroatoms. The number of nitrogens with one attached hydrogen (secondary N) is 1. The van der Waals surface area contributed by atoms with E-state index in [1.165, 1.54) is 0 Å². The average molecular weight is 323 g/mol. The molecule has 0 bridgehead atoms. The SMILES string of the molecule is O=C(N[C@H]1CCOc2ccccc21)c1cccnc1N1CCCC1. The number of ether oxygens (including phenoxy) is 1. The predicted octanol–water partition coefficient (Wildman–Crippen LogP) is 2.94. The maximum Gasteiger partial charge on any atom is 0.255 e. The average Bonchev–Trinajstić information content (AvgIpc) is 3.16. The Morgan fingerprint density at radius 2 is 2.00 bits per heavy atom. The van der Waals surface area contributed by atoms with E-state index in [4.69, 9.17) is 4.74 Å². The van der Waals surface area contributed by atoms with Crippen LogP contribution in [0.1, 0.15) is 41.2 Å². The van der Waals surface area contributed by atoms with E-state index < -0.39 is 0 Å². The van der Waals surface area contributed by atoms with Crippen molar-refractivity contribution in [1.82, 2.24) is 10.3 Å². The molecule has 1 amide bonds. The molecular formula is C19H21N3O2. The number of carbonyl (C=O) groups excluding carboxylic acids is 1. The van der Waals surface area contributed by atoms with Crippen molar-refractivity contribution in [2.45, 2.75) is 25.3 Å². The van der Waals surface area contributed by atoms with Crippen LogP contribution in [0.2, 0.25) is 0 Å². The molecular weight excluding hydrogens is 302 g/mol. The van der Waals surface area contributed by atoms with Gasteiger partial charge < -0.3 is 15.0 Å². The second-order valence-corrected chi connectivity index (χ2v) is 6.27. The molecule has 4 rings (SSSR count). The van der Waals surface area contributed by atoms with Gasteiger partial charge in [-0.2, -0.15) is 0 Å². The molecule has 0 radical (unpaired) electrons. The van der Waals surface area contributed by atoms with Gasteiger partial charge in [-0.3, -0.25) is 4.79 Å². The van der Waals surface area contributed by atoms with Crippen LogP contribution < -0.4 is 15.0 Å². The number of pyridine rings is 1. The molecule has 1 saturated heterocycles. The summed E-state index contributed by atoms with van der Waals surface area (Å²) in [5.74, 6) is 1.60. The Balaban J connectivity index is 1.58. The number of benzene rings is 1. The minimum atomic E-state index is -0.0632. The van der Waals surface area contributed by atoms with Crippen molar-refractivity contribution in [1.29, 1.82) is 0 Å². The maximum absolute atomic E-state index is 12.9. The van der Waals surface area contributed by atoms with Crippen LogP contribution in [-0.4, -0.2) is 30.6 Å². The molecule has 0 saturated carbocycles. The van der Waals surface area contributed by atoms with Crippen LogP contribution in [0.25, 0.3) is 0 Å². The van der Waals surface area contributed by atoms with Crippen molar-refractivity contribution < 1.29 is 9.53 Å². The molecule has 0 unspecified atom stereocenters. The summed E-state index contributed by atoms with van der Waals surface area (Å²) in [6, 6.07) is 11.6. The Morgan fingerprint density at radius 1 is 1.17 bits per heavy atom. The zero-order valence-corrected chi connectivity index (χ0v) is 13.6. The van der Waals surface area contributed by atoms with Gasteiger partial charge in [0.05, 0.1) is 18.2 Å². The molecule has 1 aromatic heterocycles. The standard InChI is InChI=1S/C19H21N3O2/c23-19(15-7-5-10-20-18(15)22-11-3-4-12-22)21-16-9-13-24-17-8-2-1-6-14(16)17/h1-2,5-8,10,16H,3-4,9,11-13H2,(H,21,23)/t16-/m0/s1. The highest BCUT2D eigenvalue weighted by Gasteiger charge is 2.26. The second-order valence-electron chi connectivity index (χ2n) is 6.27.